The normalized spacial score (nSPS) is 11.2. The molecule has 0 N–H and O–H groups in total. The molecular weight excluding hydrogens is 331 g/mol. The number of benzene rings is 2. The van der Waals surface area contributed by atoms with Gasteiger partial charge < -0.3 is 4.40 Å². The van der Waals surface area contributed by atoms with E-state index in [1.165, 1.54) is 33.4 Å². The first kappa shape index (κ1) is 15.2. The summed E-state index contributed by atoms with van der Waals surface area (Å²) in [6.45, 7) is 0. The van der Waals surface area contributed by atoms with Gasteiger partial charge in [0.25, 0.3) is 5.56 Å². The van der Waals surface area contributed by atoms with Gasteiger partial charge in [-0.1, -0.05) is 0 Å². The topological polar surface area (TPSA) is 39.3 Å². The Balaban J connectivity index is 1.86. The van der Waals surface area contributed by atoms with E-state index in [-0.39, 0.29) is 17.2 Å². The van der Waals surface area contributed by atoms with Crippen LogP contribution in [0.25, 0.3) is 22.6 Å². The van der Waals surface area contributed by atoms with Crippen molar-refractivity contribution in [2.24, 2.45) is 0 Å². The fourth-order valence-electron chi connectivity index (χ4n) is 2.58. The van der Waals surface area contributed by atoms with Crippen molar-refractivity contribution in [1.82, 2.24) is 14.0 Å². The van der Waals surface area contributed by atoms with E-state index in [9.17, 15) is 18.0 Å². The van der Waals surface area contributed by atoms with E-state index < -0.39 is 17.2 Å². The summed E-state index contributed by atoms with van der Waals surface area (Å²) < 4.78 is 42.2. The molecule has 0 aliphatic heterocycles. The van der Waals surface area contributed by atoms with E-state index in [0.29, 0.717) is 11.3 Å². The lowest BCUT2D eigenvalue weighted by Crippen LogP contribution is -2.20. The number of aromatic nitrogens is 3. The lowest BCUT2D eigenvalue weighted by Gasteiger charge is -2.06. The highest BCUT2D eigenvalue weighted by atomic mass is 19.2. The standard InChI is InChI=1S/C18H10F3N3O/c19-12-3-1-11(2-4-12)16-10-23-7-8-24(18(25)17(23)22-16)13-5-6-14(20)15(21)9-13/h1-10H. The predicted octanol–water partition coefficient (Wildman–Crippen LogP) is 3.57. The van der Waals surface area contributed by atoms with Gasteiger partial charge in [-0.05, 0) is 36.4 Å². The zero-order valence-electron chi connectivity index (χ0n) is 12.7. The van der Waals surface area contributed by atoms with Crippen molar-refractivity contribution >= 4 is 5.65 Å². The summed E-state index contributed by atoms with van der Waals surface area (Å²) in [5.74, 6) is -2.40. The van der Waals surface area contributed by atoms with Crippen molar-refractivity contribution < 1.29 is 13.2 Å². The maximum Gasteiger partial charge on any atom is 0.298 e. The van der Waals surface area contributed by atoms with E-state index in [1.54, 1.807) is 24.5 Å². The van der Waals surface area contributed by atoms with Crippen LogP contribution in [0.5, 0.6) is 0 Å². The van der Waals surface area contributed by atoms with Gasteiger partial charge in [0.15, 0.2) is 11.6 Å². The van der Waals surface area contributed by atoms with E-state index in [1.807, 2.05) is 0 Å². The van der Waals surface area contributed by atoms with E-state index in [2.05, 4.69) is 4.98 Å². The summed E-state index contributed by atoms with van der Waals surface area (Å²) >= 11 is 0. The summed E-state index contributed by atoms with van der Waals surface area (Å²) in [6.07, 6.45) is 4.66. The molecule has 7 heteroatoms. The fourth-order valence-corrected chi connectivity index (χ4v) is 2.58. The fraction of sp³-hybridized carbons (Fsp3) is 0. The summed E-state index contributed by atoms with van der Waals surface area (Å²) in [5, 5.41) is 0. The van der Waals surface area contributed by atoms with Gasteiger partial charge in [-0.2, -0.15) is 0 Å². The number of imidazole rings is 1. The molecule has 0 saturated carbocycles. The van der Waals surface area contributed by atoms with Crippen LogP contribution in [0, 0.1) is 17.5 Å². The van der Waals surface area contributed by atoms with Crippen molar-refractivity contribution in [3.63, 3.8) is 0 Å². The van der Waals surface area contributed by atoms with Crippen molar-refractivity contribution in [3.8, 4) is 16.9 Å². The largest absolute Gasteiger partial charge is 0.300 e. The first-order valence-corrected chi connectivity index (χ1v) is 7.35. The van der Waals surface area contributed by atoms with Gasteiger partial charge in [-0.3, -0.25) is 9.36 Å². The van der Waals surface area contributed by atoms with Gasteiger partial charge in [0.2, 0.25) is 5.65 Å². The first-order chi connectivity index (χ1) is 12.0. The monoisotopic (exact) mass is 341 g/mol. The number of hydrogen-bond acceptors (Lipinski definition) is 2. The molecule has 2 aromatic heterocycles. The Labute approximate surface area is 139 Å². The second-order valence-corrected chi connectivity index (χ2v) is 5.44. The molecule has 2 aromatic carbocycles. The van der Waals surface area contributed by atoms with Crippen LogP contribution in [-0.4, -0.2) is 14.0 Å². The lowest BCUT2D eigenvalue weighted by molar-refractivity contribution is 0.508. The van der Waals surface area contributed by atoms with Crippen LogP contribution in [0.15, 0.2) is 65.8 Å². The molecule has 0 fully saturated rings. The zero-order chi connectivity index (χ0) is 17.6. The molecule has 0 unspecified atom stereocenters. The Bertz CT molecular complexity index is 1150. The minimum absolute atomic E-state index is 0.117. The summed E-state index contributed by atoms with van der Waals surface area (Å²) in [5.41, 5.74) is 0.982. The Morgan fingerprint density at radius 1 is 0.880 bits per heavy atom. The molecule has 2 heterocycles. The van der Waals surface area contributed by atoms with Crippen LogP contribution in [0.4, 0.5) is 13.2 Å². The van der Waals surface area contributed by atoms with Gasteiger partial charge in [0.05, 0.1) is 11.4 Å². The van der Waals surface area contributed by atoms with E-state index in [0.717, 1.165) is 12.1 Å². The predicted molar refractivity (Wildman–Crippen MR) is 86.1 cm³/mol. The maximum atomic E-state index is 13.4. The summed E-state index contributed by atoms with van der Waals surface area (Å²) in [4.78, 5) is 16.9. The van der Waals surface area contributed by atoms with Crippen LogP contribution < -0.4 is 5.56 Å². The van der Waals surface area contributed by atoms with E-state index in [4.69, 9.17) is 0 Å². The Hall–Kier alpha value is -3.35. The molecule has 0 saturated heterocycles. The molecule has 0 bridgehead atoms. The van der Waals surface area contributed by atoms with Crippen LogP contribution >= 0.6 is 0 Å². The number of fused-ring (bicyclic) bond motifs is 1. The van der Waals surface area contributed by atoms with Crippen molar-refractivity contribution in [2.45, 2.75) is 0 Å². The molecular formula is C18H10F3N3O. The van der Waals surface area contributed by atoms with Gasteiger partial charge in [0, 0.05) is 30.2 Å². The minimum atomic E-state index is -1.04. The van der Waals surface area contributed by atoms with Crippen molar-refractivity contribution in [2.75, 3.05) is 0 Å². The molecule has 0 aliphatic carbocycles. The molecule has 0 amide bonds. The van der Waals surface area contributed by atoms with Crippen LogP contribution in [0.3, 0.4) is 0 Å². The maximum absolute atomic E-state index is 13.4. The van der Waals surface area contributed by atoms with Gasteiger partial charge in [0.1, 0.15) is 5.82 Å². The highest BCUT2D eigenvalue weighted by Gasteiger charge is 2.11. The molecule has 0 atom stereocenters. The summed E-state index contributed by atoms with van der Waals surface area (Å²) in [6, 6.07) is 8.93. The zero-order valence-corrected chi connectivity index (χ0v) is 12.7. The minimum Gasteiger partial charge on any atom is -0.300 e. The molecule has 25 heavy (non-hydrogen) atoms. The molecule has 0 spiro atoms. The lowest BCUT2D eigenvalue weighted by atomic mass is 10.2. The SMILES string of the molecule is O=c1c2nc(-c3ccc(F)cc3)cn2ccn1-c1ccc(F)c(F)c1. The molecule has 4 nitrogen and oxygen atoms in total. The Morgan fingerprint density at radius 3 is 2.36 bits per heavy atom. The Kier molecular flexibility index (Phi) is 3.42. The third-order valence-corrected chi connectivity index (χ3v) is 3.84. The third kappa shape index (κ3) is 2.59. The average molecular weight is 341 g/mol. The highest BCUT2D eigenvalue weighted by Crippen LogP contribution is 2.19. The molecule has 4 rings (SSSR count). The molecule has 124 valence electrons. The average Bonchev–Trinajstić information content (AvgIpc) is 3.04. The van der Waals surface area contributed by atoms with Crippen LogP contribution in [0.1, 0.15) is 0 Å². The van der Waals surface area contributed by atoms with Crippen LogP contribution in [0.2, 0.25) is 0 Å². The molecule has 0 aliphatic rings. The van der Waals surface area contributed by atoms with Crippen molar-refractivity contribution in [1.29, 1.82) is 0 Å². The van der Waals surface area contributed by atoms with Crippen molar-refractivity contribution in [3.05, 3.63) is 88.9 Å². The third-order valence-electron chi connectivity index (χ3n) is 3.84. The van der Waals surface area contributed by atoms with Crippen LogP contribution in [-0.2, 0) is 0 Å². The molecule has 0 radical (unpaired) electrons. The first-order valence-electron chi connectivity index (χ1n) is 7.35. The van der Waals surface area contributed by atoms with Gasteiger partial charge >= 0.3 is 0 Å². The smallest absolute Gasteiger partial charge is 0.298 e. The number of nitrogens with zero attached hydrogens (tertiary/aromatic N) is 3. The van der Waals surface area contributed by atoms with E-state index >= 15 is 0 Å². The number of rotatable bonds is 2. The number of halogens is 3. The Morgan fingerprint density at radius 2 is 1.64 bits per heavy atom. The number of hydrogen-bond donors (Lipinski definition) is 0. The highest BCUT2D eigenvalue weighted by molar-refractivity contribution is 5.62. The van der Waals surface area contributed by atoms with Gasteiger partial charge in [-0.15, -0.1) is 0 Å². The second-order valence-electron chi connectivity index (χ2n) is 5.44. The second kappa shape index (κ2) is 5.62. The molecule has 4 aromatic rings. The quantitative estimate of drug-likeness (QED) is 0.559. The van der Waals surface area contributed by atoms with Gasteiger partial charge in [-0.25, -0.2) is 18.2 Å². The summed E-state index contributed by atoms with van der Waals surface area (Å²) in [7, 11) is 0.